The number of benzene rings is 3. The zero-order valence-corrected chi connectivity index (χ0v) is 18.3. The molecule has 0 radical (unpaired) electrons. The Labute approximate surface area is 180 Å². The molecule has 0 aliphatic heterocycles. The summed E-state index contributed by atoms with van der Waals surface area (Å²) in [6.45, 7) is 2.72. The molecule has 0 N–H and O–H groups in total. The lowest BCUT2D eigenvalue weighted by atomic mass is 10.2. The van der Waals surface area contributed by atoms with Crippen molar-refractivity contribution in [1.82, 2.24) is 0 Å². The van der Waals surface area contributed by atoms with Crippen LogP contribution >= 0.6 is 31.9 Å². The standard InChI is InChI=1S/C22H18Br2O4/c1-15-13-17(23)14-20(24)21(15)28-22(25)16-7-9-19(10-8-16)27-12-11-26-18-5-3-2-4-6-18/h2-10,13-14H,11-12H2,1H3. The Morgan fingerprint density at radius 2 is 1.46 bits per heavy atom. The summed E-state index contributed by atoms with van der Waals surface area (Å²) >= 11 is 6.84. The Morgan fingerprint density at radius 1 is 0.857 bits per heavy atom. The molecule has 3 rings (SSSR count). The zero-order chi connectivity index (χ0) is 19.9. The van der Waals surface area contributed by atoms with Crippen molar-refractivity contribution < 1.29 is 19.0 Å². The van der Waals surface area contributed by atoms with Crippen LogP contribution in [0.25, 0.3) is 0 Å². The van der Waals surface area contributed by atoms with Crippen molar-refractivity contribution in [3.8, 4) is 17.2 Å². The first kappa shape index (κ1) is 20.4. The van der Waals surface area contributed by atoms with Crippen molar-refractivity contribution in [2.24, 2.45) is 0 Å². The molecule has 0 aliphatic carbocycles. The molecule has 4 nitrogen and oxygen atoms in total. The highest BCUT2D eigenvalue weighted by molar-refractivity contribution is 9.11. The molecule has 6 heteroatoms. The fourth-order valence-electron chi connectivity index (χ4n) is 2.49. The highest BCUT2D eigenvalue weighted by atomic mass is 79.9. The van der Waals surface area contributed by atoms with Crippen molar-refractivity contribution in [2.45, 2.75) is 6.92 Å². The van der Waals surface area contributed by atoms with E-state index in [1.807, 2.05) is 49.4 Å². The van der Waals surface area contributed by atoms with Crippen LogP contribution in [-0.2, 0) is 0 Å². The minimum absolute atomic E-state index is 0.406. The van der Waals surface area contributed by atoms with E-state index in [0.717, 1.165) is 15.8 Å². The summed E-state index contributed by atoms with van der Waals surface area (Å²) in [6, 6.07) is 20.1. The molecule has 0 spiro atoms. The fraction of sp³-hybridized carbons (Fsp3) is 0.136. The average molecular weight is 506 g/mol. The molecule has 0 unspecified atom stereocenters. The van der Waals surface area contributed by atoms with Gasteiger partial charge in [0.25, 0.3) is 0 Å². The molecule has 0 saturated carbocycles. The van der Waals surface area contributed by atoms with E-state index >= 15 is 0 Å². The smallest absolute Gasteiger partial charge is 0.343 e. The molecule has 0 atom stereocenters. The molecule has 0 amide bonds. The molecule has 3 aromatic carbocycles. The van der Waals surface area contributed by atoms with Crippen LogP contribution in [0, 0.1) is 6.92 Å². The maximum Gasteiger partial charge on any atom is 0.343 e. The van der Waals surface area contributed by atoms with Crippen LogP contribution in [0.3, 0.4) is 0 Å². The predicted molar refractivity (Wildman–Crippen MR) is 115 cm³/mol. The Balaban J connectivity index is 1.53. The number of ether oxygens (including phenoxy) is 3. The van der Waals surface area contributed by atoms with Crippen LogP contribution < -0.4 is 14.2 Å². The van der Waals surface area contributed by atoms with Crippen molar-refractivity contribution in [1.29, 1.82) is 0 Å². The summed E-state index contributed by atoms with van der Waals surface area (Å²) in [5.74, 6) is 1.55. The summed E-state index contributed by atoms with van der Waals surface area (Å²) < 4.78 is 18.4. The van der Waals surface area contributed by atoms with Gasteiger partial charge in [0.05, 0.1) is 10.0 Å². The van der Waals surface area contributed by atoms with Gasteiger partial charge < -0.3 is 14.2 Å². The maximum absolute atomic E-state index is 12.4. The molecular formula is C22H18Br2O4. The van der Waals surface area contributed by atoms with Crippen molar-refractivity contribution >= 4 is 37.8 Å². The molecule has 0 saturated heterocycles. The number of carbonyl (C=O) groups is 1. The van der Waals surface area contributed by atoms with Gasteiger partial charge >= 0.3 is 5.97 Å². The first-order chi connectivity index (χ1) is 13.5. The first-order valence-electron chi connectivity index (χ1n) is 8.61. The maximum atomic E-state index is 12.4. The highest BCUT2D eigenvalue weighted by Crippen LogP contribution is 2.33. The SMILES string of the molecule is Cc1cc(Br)cc(Br)c1OC(=O)c1ccc(OCCOc2ccccc2)cc1. The van der Waals surface area contributed by atoms with Gasteiger partial charge in [0.1, 0.15) is 30.5 Å². The third kappa shape index (κ3) is 5.59. The van der Waals surface area contributed by atoms with E-state index in [4.69, 9.17) is 14.2 Å². The van der Waals surface area contributed by atoms with Gasteiger partial charge in [-0.2, -0.15) is 0 Å². The normalized spacial score (nSPS) is 10.4. The third-order valence-electron chi connectivity index (χ3n) is 3.84. The van der Waals surface area contributed by atoms with E-state index in [1.54, 1.807) is 24.3 Å². The highest BCUT2D eigenvalue weighted by Gasteiger charge is 2.14. The lowest BCUT2D eigenvalue weighted by Gasteiger charge is -2.11. The molecule has 0 aromatic heterocycles. The van der Waals surface area contributed by atoms with Crippen molar-refractivity contribution in [2.75, 3.05) is 13.2 Å². The van der Waals surface area contributed by atoms with Gasteiger partial charge in [0.2, 0.25) is 0 Å². The van der Waals surface area contributed by atoms with Gasteiger partial charge in [-0.15, -0.1) is 0 Å². The summed E-state index contributed by atoms with van der Waals surface area (Å²) in [5.41, 5.74) is 1.30. The summed E-state index contributed by atoms with van der Waals surface area (Å²) in [6.07, 6.45) is 0. The third-order valence-corrected chi connectivity index (χ3v) is 4.89. The van der Waals surface area contributed by atoms with Gasteiger partial charge in [0.15, 0.2) is 0 Å². The van der Waals surface area contributed by atoms with E-state index in [1.165, 1.54) is 0 Å². The van der Waals surface area contributed by atoms with Gasteiger partial charge in [-0.3, -0.25) is 0 Å². The van der Waals surface area contributed by atoms with Crippen molar-refractivity contribution in [3.63, 3.8) is 0 Å². The molecule has 3 aromatic rings. The lowest BCUT2D eigenvalue weighted by molar-refractivity contribution is 0.0732. The predicted octanol–water partition coefficient (Wildman–Crippen LogP) is 6.20. The number of esters is 1. The fourth-order valence-corrected chi connectivity index (χ4v) is 4.01. The van der Waals surface area contributed by atoms with Gasteiger partial charge in [-0.1, -0.05) is 34.1 Å². The number of para-hydroxylation sites is 1. The number of hydrogen-bond donors (Lipinski definition) is 0. The minimum Gasteiger partial charge on any atom is -0.490 e. The van der Waals surface area contributed by atoms with Gasteiger partial charge in [-0.05, 0) is 76.9 Å². The molecule has 28 heavy (non-hydrogen) atoms. The molecule has 144 valence electrons. The topological polar surface area (TPSA) is 44.8 Å². The molecule has 0 bridgehead atoms. The Morgan fingerprint density at radius 3 is 2.07 bits per heavy atom. The summed E-state index contributed by atoms with van der Waals surface area (Å²) in [7, 11) is 0. The molecule has 0 heterocycles. The quantitative estimate of drug-likeness (QED) is 0.218. The van der Waals surface area contributed by atoms with E-state index in [0.29, 0.717) is 34.7 Å². The van der Waals surface area contributed by atoms with E-state index in [2.05, 4.69) is 31.9 Å². The van der Waals surface area contributed by atoms with Gasteiger partial charge in [-0.25, -0.2) is 4.79 Å². The largest absolute Gasteiger partial charge is 0.490 e. The van der Waals surface area contributed by atoms with E-state index in [9.17, 15) is 4.79 Å². The molecular weight excluding hydrogens is 488 g/mol. The zero-order valence-electron chi connectivity index (χ0n) is 15.2. The second-order valence-electron chi connectivity index (χ2n) is 5.96. The van der Waals surface area contributed by atoms with Crippen LogP contribution in [-0.4, -0.2) is 19.2 Å². The van der Waals surface area contributed by atoms with E-state index < -0.39 is 5.97 Å². The molecule has 0 aliphatic rings. The number of halogens is 2. The summed E-state index contributed by atoms with van der Waals surface area (Å²) in [5, 5.41) is 0. The Kier molecular flexibility index (Phi) is 7.12. The number of aryl methyl sites for hydroxylation is 1. The number of hydrogen-bond acceptors (Lipinski definition) is 4. The minimum atomic E-state index is -0.426. The lowest BCUT2D eigenvalue weighted by Crippen LogP contribution is -2.11. The Hall–Kier alpha value is -2.31. The number of rotatable bonds is 7. The van der Waals surface area contributed by atoms with Crippen LogP contribution in [0.2, 0.25) is 0 Å². The number of carbonyl (C=O) groups excluding carboxylic acids is 1. The van der Waals surface area contributed by atoms with Gasteiger partial charge in [0, 0.05) is 4.47 Å². The Bertz CT molecular complexity index is 918. The molecule has 0 fully saturated rings. The second kappa shape index (κ2) is 9.75. The van der Waals surface area contributed by atoms with Crippen LogP contribution in [0.1, 0.15) is 15.9 Å². The average Bonchev–Trinajstić information content (AvgIpc) is 2.69. The van der Waals surface area contributed by atoms with Crippen LogP contribution in [0.4, 0.5) is 0 Å². The summed E-state index contributed by atoms with van der Waals surface area (Å²) in [4.78, 5) is 12.4. The first-order valence-corrected chi connectivity index (χ1v) is 10.2. The second-order valence-corrected chi connectivity index (χ2v) is 7.73. The van der Waals surface area contributed by atoms with Crippen LogP contribution in [0.5, 0.6) is 17.2 Å². The van der Waals surface area contributed by atoms with Crippen molar-refractivity contribution in [3.05, 3.63) is 86.8 Å². The van der Waals surface area contributed by atoms with E-state index in [-0.39, 0.29) is 0 Å². The monoisotopic (exact) mass is 504 g/mol. The van der Waals surface area contributed by atoms with Crippen LogP contribution in [0.15, 0.2) is 75.7 Å².